The van der Waals surface area contributed by atoms with Gasteiger partial charge in [-0.2, -0.15) is 0 Å². The Bertz CT molecular complexity index is 1030. The van der Waals surface area contributed by atoms with E-state index >= 15 is 0 Å². The van der Waals surface area contributed by atoms with Crippen molar-refractivity contribution in [3.63, 3.8) is 0 Å². The lowest BCUT2D eigenvalue weighted by molar-refractivity contribution is -0.114. The van der Waals surface area contributed by atoms with Crippen LogP contribution in [0.2, 0.25) is 0 Å². The van der Waals surface area contributed by atoms with Crippen LogP contribution >= 0.6 is 0 Å². The van der Waals surface area contributed by atoms with Crippen molar-refractivity contribution in [3.05, 3.63) is 77.4 Å². The number of nitrogens with one attached hydrogen (secondary N) is 1. The molecule has 0 aliphatic heterocycles. The number of aryl methyl sites for hydroxylation is 1. The Morgan fingerprint density at radius 3 is 2.48 bits per heavy atom. The smallest absolute Gasteiger partial charge is 0.338 e. The van der Waals surface area contributed by atoms with Gasteiger partial charge in [0.1, 0.15) is 0 Å². The van der Waals surface area contributed by atoms with E-state index in [1.165, 1.54) is 6.92 Å². The van der Waals surface area contributed by atoms with Gasteiger partial charge in [-0.1, -0.05) is 48.5 Å². The van der Waals surface area contributed by atoms with E-state index in [0.717, 1.165) is 16.3 Å². The van der Waals surface area contributed by atoms with E-state index < -0.39 is 5.97 Å². The highest BCUT2D eigenvalue weighted by atomic mass is 16.5. The molecule has 27 heavy (non-hydrogen) atoms. The number of carbonyl (C=O) groups is 3. The first kappa shape index (κ1) is 18.3. The minimum absolute atomic E-state index is 0.227. The standard InChI is InChI=1S/C22H19NO4/c1-14-10-11-17(12-20(14)23-15(2)24)22(26)27-13-21(25)19-9-5-7-16-6-3-4-8-18(16)19/h3-12H,13H2,1-2H3,(H,23,24). The number of carbonyl (C=O) groups excluding carboxylic acids is 3. The lowest BCUT2D eigenvalue weighted by Gasteiger charge is -2.10. The quantitative estimate of drug-likeness (QED) is 0.547. The average Bonchev–Trinajstić information content (AvgIpc) is 2.66. The van der Waals surface area contributed by atoms with Crippen molar-refractivity contribution >= 4 is 34.1 Å². The summed E-state index contributed by atoms with van der Waals surface area (Å²) in [7, 11) is 0. The number of anilines is 1. The predicted octanol–water partition coefficient (Wildman–Crippen LogP) is 4.15. The van der Waals surface area contributed by atoms with Gasteiger partial charge in [0.2, 0.25) is 11.7 Å². The van der Waals surface area contributed by atoms with Gasteiger partial charge < -0.3 is 10.1 Å². The van der Waals surface area contributed by atoms with Crippen LogP contribution in [0.25, 0.3) is 10.8 Å². The third kappa shape index (κ3) is 4.20. The third-order valence-corrected chi connectivity index (χ3v) is 4.21. The van der Waals surface area contributed by atoms with Crippen molar-refractivity contribution < 1.29 is 19.1 Å². The van der Waals surface area contributed by atoms with Gasteiger partial charge in [0, 0.05) is 18.2 Å². The molecule has 0 heterocycles. The second kappa shape index (κ2) is 7.83. The zero-order valence-corrected chi connectivity index (χ0v) is 15.1. The van der Waals surface area contributed by atoms with E-state index in [0.29, 0.717) is 11.3 Å². The molecule has 0 atom stereocenters. The molecular weight excluding hydrogens is 342 g/mol. The summed E-state index contributed by atoms with van der Waals surface area (Å²) in [6.45, 7) is 2.87. The molecule has 3 aromatic rings. The molecule has 0 aliphatic carbocycles. The number of hydrogen-bond acceptors (Lipinski definition) is 4. The first-order valence-corrected chi connectivity index (χ1v) is 8.52. The Morgan fingerprint density at radius 1 is 0.963 bits per heavy atom. The number of ketones is 1. The number of ether oxygens (including phenoxy) is 1. The van der Waals surface area contributed by atoms with Crippen molar-refractivity contribution in [2.75, 3.05) is 11.9 Å². The van der Waals surface area contributed by atoms with E-state index in [1.807, 2.05) is 37.3 Å². The molecule has 0 radical (unpaired) electrons. The van der Waals surface area contributed by atoms with E-state index in [9.17, 15) is 14.4 Å². The summed E-state index contributed by atoms with van der Waals surface area (Å²) in [5, 5.41) is 4.44. The largest absolute Gasteiger partial charge is 0.454 e. The maximum absolute atomic E-state index is 12.5. The second-order valence-corrected chi connectivity index (χ2v) is 6.24. The molecule has 1 amide bonds. The van der Waals surface area contributed by atoms with Crippen LogP contribution < -0.4 is 5.32 Å². The maximum atomic E-state index is 12.5. The summed E-state index contributed by atoms with van der Waals surface area (Å²) in [5.74, 6) is -1.11. The lowest BCUT2D eigenvalue weighted by Crippen LogP contribution is -2.15. The van der Waals surface area contributed by atoms with Crippen LogP contribution in [0, 0.1) is 6.92 Å². The SMILES string of the molecule is CC(=O)Nc1cc(C(=O)OCC(=O)c2cccc3ccccc23)ccc1C. The highest BCUT2D eigenvalue weighted by Gasteiger charge is 2.15. The number of rotatable bonds is 5. The van der Waals surface area contributed by atoms with Crippen LogP contribution in [0.4, 0.5) is 5.69 Å². The van der Waals surface area contributed by atoms with Crippen molar-refractivity contribution in [2.24, 2.45) is 0 Å². The maximum Gasteiger partial charge on any atom is 0.338 e. The van der Waals surface area contributed by atoms with Crippen LogP contribution in [0.1, 0.15) is 33.2 Å². The number of esters is 1. The molecule has 0 saturated heterocycles. The van der Waals surface area contributed by atoms with Gasteiger partial charge in [-0.25, -0.2) is 4.79 Å². The summed E-state index contributed by atoms with van der Waals surface area (Å²) >= 11 is 0. The highest BCUT2D eigenvalue weighted by molar-refractivity contribution is 6.09. The molecule has 136 valence electrons. The van der Waals surface area contributed by atoms with Crippen molar-refractivity contribution in [1.82, 2.24) is 0 Å². The van der Waals surface area contributed by atoms with E-state index in [-0.39, 0.29) is 23.9 Å². The molecule has 3 rings (SSSR count). The van der Waals surface area contributed by atoms with Gasteiger partial charge in [-0.3, -0.25) is 9.59 Å². The Morgan fingerprint density at radius 2 is 1.70 bits per heavy atom. The molecule has 0 aliphatic rings. The topological polar surface area (TPSA) is 72.5 Å². The molecule has 1 N–H and O–H groups in total. The fourth-order valence-electron chi connectivity index (χ4n) is 2.83. The zero-order valence-electron chi connectivity index (χ0n) is 15.1. The first-order valence-electron chi connectivity index (χ1n) is 8.52. The van der Waals surface area contributed by atoms with Crippen molar-refractivity contribution in [2.45, 2.75) is 13.8 Å². The summed E-state index contributed by atoms with van der Waals surface area (Å²) in [6.07, 6.45) is 0. The fourth-order valence-corrected chi connectivity index (χ4v) is 2.83. The Kier molecular flexibility index (Phi) is 5.31. The third-order valence-electron chi connectivity index (χ3n) is 4.21. The Labute approximate surface area is 157 Å². The van der Waals surface area contributed by atoms with E-state index in [2.05, 4.69) is 5.32 Å². The summed E-state index contributed by atoms with van der Waals surface area (Å²) < 4.78 is 5.19. The molecule has 0 bridgehead atoms. The second-order valence-electron chi connectivity index (χ2n) is 6.24. The normalized spacial score (nSPS) is 10.4. The van der Waals surface area contributed by atoms with Crippen molar-refractivity contribution in [1.29, 1.82) is 0 Å². The van der Waals surface area contributed by atoms with Gasteiger partial charge in [0.15, 0.2) is 6.61 Å². The van der Waals surface area contributed by atoms with Crippen LogP contribution in [-0.2, 0) is 9.53 Å². The summed E-state index contributed by atoms with van der Waals surface area (Å²) in [4.78, 5) is 36.1. The van der Waals surface area contributed by atoms with Crippen LogP contribution in [0.3, 0.4) is 0 Å². The van der Waals surface area contributed by atoms with E-state index in [4.69, 9.17) is 4.74 Å². The fraction of sp³-hybridized carbons (Fsp3) is 0.136. The van der Waals surface area contributed by atoms with Crippen LogP contribution in [0.5, 0.6) is 0 Å². The van der Waals surface area contributed by atoms with Gasteiger partial charge >= 0.3 is 5.97 Å². The molecule has 0 saturated carbocycles. The van der Waals surface area contributed by atoms with Gasteiger partial charge in [-0.15, -0.1) is 0 Å². The molecule has 0 aromatic heterocycles. The van der Waals surface area contributed by atoms with E-state index in [1.54, 1.807) is 30.3 Å². The molecule has 5 nitrogen and oxygen atoms in total. The average molecular weight is 361 g/mol. The monoisotopic (exact) mass is 361 g/mol. The van der Waals surface area contributed by atoms with Gasteiger partial charge in [0.25, 0.3) is 0 Å². The number of amides is 1. The van der Waals surface area contributed by atoms with Crippen molar-refractivity contribution in [3.8, 4) is 0 Å². The lowest BCUT2D eigenvalue weighted by atomic mass is 10.0. The van der Waals surface area contributed by atoms with Crippen LogP contribution in [0.15, 0.2) is 60.7 Å². The van der Waals surface area contributed by atoms with Gasteiger partial charge in [0.05, 0.1) is 5.56 Å². The number of fused-ring (bicyclic) bond motifs is 1. The van der Waals surface area contributed by atoms with Crippen LogP contribution in [-0.4, -0.2) is 24.3 Å². The summed E-state index contributed by atoms with van der Waals surface area (Å²) in [6, 6.07) is 17.9. The Hall–Kier alpha value is -3.47. The van der Waals surface area contributed by atoms with Gasteiger partial charge in [-0.05, 0) is 35.4 Å². The minimum Gasteiger partial charge on any atom is -0.454 e. The summed E-state index contributed by atoms with van der Waals surface area (Å²) in [5.41, 5.74) is 2.16. The molecule has 0 unspecified atom stereocenters. The minimum atomic E-state index is -0.616. The molecule has 5 heteroatoms. The molecule has 0 spiro atoms. The molecule has 0 fully saturated rings. The number of benzene rings is 3. The molecular formula is C22H19NO4. The molecule has 3 aromatic carbocycles. The first-order chi connectivity index (χ1) is 13.0. The highest BCUT2D eigenvalue weighted by Crippen LogP contribution is 2.20. The predicted molar refractivity (Wildman–Crippen MR) is 104 cm³/mol. The number of Topliss-reactive ketones (excluding diaryl/α,β-unsaturated/α-hetero) is 1. The number of hydrogen-bond donors (Lipinski definition) is 1. The zero-order chi connectivity index (χ0) is 19.4. The Balaban J connectivity index is 1.73.